The minimum atomic E-state index is -0.674. The molecule has 21 heavy (non-hydrogen) atoms. The molecule has 0 bridgehead atoms. The third-order valence-electron chi connectivity index (χ3n) is 3.18. The number of ether oxygens (including phenoxy) is 2. The van der Waals surface area contributed by atoms with Gasteiger partial charge in [-0.2, -0.15) is 0 Å². The highest BCUT2D eigenvalue weighted by molar-refractivity contribution is 6.16. The molecular weight excluding hydrogens is 268 g/mol. The van der Waals surface area contributed by atoms with Gasteiger partial charge in [-0.1, -0.05) is 30.3 Å². The minimum Gasteiger partial charge on any atom is -0.456 e. The number of esters is 2. The number of allylic oxidation sites excluding steroid dienone is 1. The second-order valence-corrected chi connectivity index (χ2v) is 4.56. The molecule has 0 amide bonds. The number of cyclic esters (lactones) is 2. The summed E-state index contributed by atoms with van der Waals surface area (Å²) in [7, 11) is 0. The summed E-state index contributed by atoms with van der Waals surface area (Å²) in [4.78, 5) is 23.5. The third-order valence-corrected chi connectivity index (χ3v) is 3.18. The standard InChI is InChI=1S/C17H12O4/c1-2-6-11-9-10-13-14(17(19)21-16(13)18)15(11)20-12-7-4-3-5-8-12/h2-5,7-10H,1,6H2. The highest BCUT2D eigenvalue weighted by atomic mass is 16.6. The van der Waals surface area contributed by atoms with Crippen LogP contribution >= 0.6 is 0 Å². The Kier molecular flexibility index (Phi) is 3.28. The molecule has 0 atom stereocenters. The Labute approximate surface area is 121 Å². The molecule has 0 aromatic heterocycles. The molecular formula is C17H12O4. The second kappa shape index (κ2) is 5.25. The molecule has 0 spiro atoms. The van der Waals surface area contributed by atoms with Crippen molar-refractivity contribution >= 4 is 11.9 Å². The fraction of sp³-hybridized carbons (Fsp3) is 0.0588. The first-order valence-corrected chi connectivity index (χ1v) is 6.47. The Hall–Kier alpha value is -2.88. The number of rotatable bonds is 4. The van der Waals surface area contributed by atoms with Crippen molar-refractivity contribution in [3.05, 3.63) is 71.8 Å². The van der Waals surface area contributed by atoms with Crippen molar-refractivity contribution in [3.8, 4) is 11.5 Å². The van der Waals surface area contributed by atoms with E-state index in [1.54, 1.807) is 30.3 Å². The smallest absolute Gasteiger partial charge is 0.350 e. The molecule has 0 saturated heterocycles. The fourth-order valence-electron chi connectivity index (χ4n) is 2.23. The number of benzene rings is 2. The van der Waals surface area contributed by atoms with E-state index < -0.39 is 11.9 Å². The van der Waals surface area contributed by atoms with Crippen LogP contribution in [0.15, 0.2) is 55.1 Å². The van der Waals surface area contributed by atoms with Crippen molar-refractivity contribution in [2.45, 2.75) is 6.42 Å². The zero-order chi connectivity index (χ0) is 14.8. The average Bonchev–Trinajstić information content (AvgIpc) is 2.78. The fourth-order valence-corrected chi connectivity index (χ4v) is 2.23. The van der Waals surface area contributed by atoms with Crippen molar-refractivity contribution in [2.75, 3.05) is 0 Å². The number of hydrogen-bond donors (Lipinski definition) is 0. The van der Waals surface area contributed by atoms with E-state index in [1.165, 1.54) is 0 Å². The van der Waals surface area contributed by atoms with Crippen molar-refractivity contribution in [1.29, 1.82) is 0 Å². The van der Waals surface area contributed by atoms with Crippen molar-refractivity contribution in [2.24, 2.45) is 0 Å². The number of carbonyl (C=O) groups is 2. The van der Waals surface area contributed by atoms with Gasteiger partial charge in [-0.25, -0.2) is 9.59 Å². The quantitative estimate of drug-likeness (QED) is 0.488. The number of fused-ring (bicyclic) bond motifs is 1. The summed E-state index contributed by atoms with van der Waals surface area (Å²) >= 11 is 0. The number of para-hydroxylation sites is 1. The molecule has 2 aromatic rings. The van der Waals surface area contributed by atoms with Crippen LogP contribution in [0.3, 0.4) is 0 Å². The molecule has 0 aliphatic carbocycles. The Morgan fingerprint density at radius 1 is 1.05 bits per heavy atom. The summed E-state index contributed by atoms with van der Waals surface area (Å²) in [5.41, 5.74) is 1.20. The van der Waals surface area contributed by atoms with E-state index in [4.69, 9.17) is 4.74 Å². The first-order chi connectivity index (χ1) is 10.2. The predicted molar refractivity (Wildman–Crippen MR) is 76.6 cm³/mol. The van der Waals surface area contributed by atoms with Gasteiger partial charge < -0.3 is 9.47 Å². The summed E-state index contributed by atoms with van der Waals surface area (Å²) in [6.07, 6.45) is 2.23. The first-order valence-electron chi connectivity index (χ1n) is 6.47. The van der Waals surface area contributed by atoms with E-state index in [0.717, 1.165) is 5.56 Å². The summed E-state index contributed by atoms with van der Waals surface area (Å²) in [6.45, 7) is 3.69. The molecule has 0 unspecified atom stereocenters. The molecule has 3 rings (SSSR count). The number of carbonyl (C=O) groups excluding carboxylic acids is 2. The zero-order valence-electron chi connectivity index (χ0n) is 11.2. The van der Waals surface area contributed by atoms with Crippen LogP contribution < -0.4 is 4.74 Å². The summed E-state index contributed by atoms with van der Waals surface area (Å²) < 4.78 is 10.5. The van der Waals surface area contributed by atoms with Crippen LogP contribution in [-0.2, 0) is 11.2 Å². The van der Waals surface area contributed by atoms with Crippen molar-refractivity contribution in [3.63, 3.8) is 0 Å². The second-order valence-electron chi connectivity index (χ2n) is 4.56. The van der Waals surface area contributed by atoms with Gasteiger partial charge in [0.25, 0.3) is 0 Å². The van der Waals surface area contributed by atoms with Gasteiger partial charge in [-0.05, 0) is 30.2 Å². The van der Waals surface area contributed by atoms with Crippen molar-refractivity contribution < 1.29 is 19.1 Å². The molecule has 0 N–H and O–H groups in total. The Bertz CT molecular complexity index is 732. The van der Waals surface area contributed by atoms with E-state index in [9.17, 15) is 9.59 Å². The zero-order valence-corrected chi connectivity index (χ0v) is 11.2. The summed E-state index contributed by atoms with van der Waals surface area (Å²) in [6, 6.07) is 12.4. The van der Waals surface area contributed by atoms with Gasteiger partial charge in [-0.15, -0.1) is 6.58 Å². The highest BCUT2D eigenvalue weighted by Crippen LogP contribution is 2.36. The van der Waals surface area contributed by atoms with E-state index in [0.29, 0.717) is 17.9 Å². The molecule has 2 aromatic carbocycles. The molecule has 1 aliphatic rings. The molecule has 0 radical (unpaired) electrons. The van der Waals surface area contributed by atoms with Gasteiger partial charge in [-0.3, -0.25) is 0 Å². The molecule has 1 heterocycles. The minimum absolute atomic E-state index is 0.184. The van der Waals surface area contributed by atoms with Crippen molar-refractivity contribution in [1.82, 2.24) is 0 Å². The topological polar surface area (TPSA) is 52.6 Å². The van der Waals surface area contributed by atoms with Crippen LogP contribution in [0.2, 0.25) is 0 Å². The maximum absolute atomic E-state index is 11.9. The van der Waals surface area contributed by atoms with Crippen LogP contribution in [0.5, 0.6) is 11.5 Å². The third kappa shape index (κ3) is 2.31. The molecule has 4 nitrogen and oxygen atoms in total. The van der Waals surface area contributed by atoms with Gasteiger partial charge >= 0.3 is 11.9 Å². The van der Waals surface area contributed by atoms with Crippen LogP contribution in [0.1, 0.15) is 26.3 Å². The lowest BCUT2D eigenvalue weighted by molar-refractivity contribution is 0.0443. The lowest BCUT2D eigenvalue weighted by Gasteiger charge is -2.12. The normalized spacial score (nSPS) is 12.8. The van der Waals surface area contributed by atoms with E-state index in [1.807, 2.05) is 18.2 Å². The van der Waals surface area contributed by atoms with Crippen LogP contribution in [0, 0.1) is 0 Å². The lowest BCUT2D eigenvalue weighted by Crippen LogP contribution is -2.01. The molecule has 4 heteroatoms. The van der Waals surface area contributed by atoms with E-state index in [2.05, 4.69) is 11.3 Å². The van der Waals surface area contributed by atoms with Gasteiger partial charge in [0.1, 0.15) is 17.1 Å². The summed E-state index contributed by atoms with van der Waals surface area (Å²) in [5, 5.41) is 0. The highest BCUT2D eigenvalue weighted by Gasteiger charge is 2.34. The predicted octanol–water partition coefficient (Wildman–Crippen LogP) is 3.52. The van der Waals surface area contributed by atoms with Crippen LogP contribution in [-0.4, -0.2) is 11.9 Å². The molecule has 1 aliphatic heterocycles. The van der Waals surface area contributed by atoms with Crippen LogP contribution in [0.25, 0.3) is 0 Å². The number of hydrogen-bond acceptors (Lipinski definition) is 4. The lowest BCUT2D eigenvalue weighted by atomic mass is 10.0. The maximum Gasteiger partial charge on any atom is 0.350 e. The SMILES string of the molecule is C=CCc1ccc2c(c1Oc1ccccc1)C(=O)OC2=O. The molecule has 0 saturated carbocycles. The Morgan fingerprint density at radius 3 is 2.52 bits per heavy atom. The largest absolute Gasteiger partial charge is 0.456 e. The maximum atomic E-state index is 11.9. The Morgan fingerprint density at radius 2 is 1.81 bits per heavy atom. The Balaban J connectivity index is 2.14. The first kappa shape index (κ1) is 13.1. The van der Waals surface area contributed by atoms with E-state index >= 15 is 0 Å². The molecule has 104 valence electrons. The average molecular weight is 280 g/mol. The summed E-state index contributed by atoms with van der Waals surface area (Å²) in [5.74, 6) is -0.372. The monoisotopic (exact) mass is 280 g/mol. The van der Waals surface area contributed by atoms with Gasteiger partial charge in [0.2, 0.25) is 0 Å². The van der Waals surface area contributed by atoms with Gasteiger partial charge in [0, 0.05) is 0 Å². The van der Waals surface area contributed by atoms with Crippen LogP contribution in [0.4, 0.5) is 0 Å². The van der Waals surface area contributed by atoms with Gasteiger partial charge in [0.05, 0.1) is 5.56 Å². The van der Waals surface area contributed by atoms with Gasteiger partial charge in [0.15, 0.2) is 0 Å². The van der Waals surface area contributed by atoms with E-state index in [-0.39, 0.29) is 11.1 Å². The molecule has 0 fully saturated rings.